The Labute approximate surface area is 210 Å². The predicted molar refractivity (Wildman–Crippen MR) is 106 cm³/mol. The number of alkyl halides is 6. The van der Waals surface area contributed by atoms with E-state index in [9.17, 15) is 26.3 Å². The van der Waals surface area contributed by atoms with Crippen LogP contribution >= 0.6 is 0 Å². The van der Waals surface area contributed by atoms with Crippen molar-refractivity contribution in [3.8, 4) is 0 Å². The average molecular weight is 602 g/mol. The van der Waals surface area contributed by atoms with Crippen molar-refractivity contribution in [2.75, 3.05) is 53.4 Å². The maximum absolute atomic E-state index is 10.7. The molecular weight excluding hydrogens is 578 g/mol. The Balaban J connectivity index is 0. The summed E-state index contributed by atoms with van der Waals surface area (Å²) in [6, 6.07) is 6.15. The van der Waals surface area contributed by atoms with Gasteiger partial charge in [-0.15, -0.1) is 0 Å². The molecule has 206 valence electrons. The van der Waals surface area contributed by atoms with E-state index in [1.165, 1.54) is 5.69 Å². The monoisotopic (exact) mass is 602 g/mol. The van der Waals surface area contributed by atoms with Gasteiger partial charge in [0.15, 0.2) is 20.2 Å². The fraction of sp³-hybridized carbons (Fsp3) is 0.688. The van der Waals surface area contributed by atoms with E-state index in [2.05, 4.69) is 45.9 Å². The number of hydrogen-bond acceptors (Lipinski definition) is 10. The summed E-state index contributed by atoms with van der Waals surface area (Å²) in [4.78, 5) is 11.7. The van der Waals surface area contributed by atoms with Crippen molar-refractivity contribution >= 4 is 20.2 Å². The molecule has 1 aromatic rings. The number of halogens is 6. The molecule has 1 aromatic heterocycles. The number of aromatic nitrogens is 1. The van der Waals surface area contributed by atoms with Gasteiger partial charge in [0, 0.05) is 52.0 Å². The topological polar surface area (TPSA) is 137 Å². The standard InChI is InChI=1S/C14H24N4.2CHF3O3S.Fe/c1-16-7-8-17(2)10-12-18(11-9-16)13-14-5-3-4-6-15-14;2*2-1(3,4)8(5,6)7;/h3-6H,7-13H2,1-2H3;2*(H,5,6,7);/q;;;+2/p-2. The van der Waals surface area contributed by atoms with Crippen molar-refractivity contribution in [2.24, 2.45) is 0 Å². The molecule has 0 unspecified atom stereocenters. The number of pyridine rings is 1. The number of nitrogens with zero attached hydrogens (tertiary/aromatic N) is 4. The van der Waals surface area contributed by atoms with E-state index in [1.54, 1.807) is 0 Å². The second-order valence-corrected chi connectivity index (χ2v) is 9.75. The van der Waals surface area contributed by atoms with Crippen molar-refractivity contribution in [1.29, 1.82) is 0 Å². The van der Waals surface area contributed by atoms with Gasteiger partial charge < -0.3 is 18.9 Å². The molecule has 0 saturated carbocycles. The fourth-order valence-corrected chi connectivity index (χ4v) is 2.18. The zero-order valence-electron chi connectivity index (χ0n) is 18.4. The minimum atomic E-state index is -6.09. The van der Waals surface area contributed by atoms with Crippen LogP contribution < -0.4 is 0 Å². The molecule has 0 spiro atoms. The molecule has 0 amide bonds. The summed E-state index contributed by atoms with van der Waals surface area (Å²) in [7, 11) is -7.77. The summed E-state index contributed by atoms with van der Waals surface area (Å²) in [5.41, 5.74) is -10.1. The Morgan fingerprint density at radius 2 is 1.14 bits per heavy atom. The smallest absolute Gasteiger partial charge is 0.741 e. The van der Waals surface area contributed by atoms with Crippen LogP contribution in [0.1, 0.15) is 5.69 Å². The Hall–Kier alpha value is -1.05. The Morgan fingerprint density at radius 3 is 1.43 bits per heavy atom. The predicted octanol–water partition coefficient (Wildman–Crippen LogP) is 0.861. The summed E-state index contributed by atoms with van der Waals surface area (Å²) >= 11 is 0. The molecule has 0 atom stereocenters. The van der Waals surface area contributed by atoms with E-state index in [0.717, 1.165) is 45.8 Å². The largest absolute Gasteiger partial charge is 2.00 e. The minimum Gasteiger partial charge on any atom is -0.741 e. The quantitative estimate of drug-likeness (QED) is 0.208. The summed E-state index contributed by atoms with van der Waals surface area (Å²) in [5.74, 6) is 0. The fourth-order valence-electron chi connectivity index (χ4n) is 2.18. The first-order valence-corrected chi connectivity index (χ1v) is 12.1. The third-order valence-corrected chi connectivity index (χ3v) is 5.27. The molecular formula is C16H24F6FeN4O6S2. The maximum atomic E-state index is 10.7. The summed E-state index contributed by atoms with van der Waals surface area (Å²) in [5, 5.41) is 0. The van der Waals surface area contributed by atoms with Gasteiger partial charge in [-0.25, -0.2) is 16.8 Å². The van der Waals surface area contributed by atoms with Crippen LogP contribution in [-0.4, -0.2) is 110 Å². The van der Waals surface area contributed by atoms with Gasteiger partial charge >= 0.3 is 28.1 Å². The van der Waals surface area contributed by atoms with E-state index in [4.69, 9.17) is 25.9 Å². The SMILES string of the molecule is CN1CCN(C)CCN(Cc2ccccn2)CC1.O=S(=O)([O-])C(F)(F)F.O=S(=O)([O-])C(F)(F)F.[Fe+2]. The van der Waals surface area contributed by atoms with Gasteiger partial charge in [0.1, 0.15) is 0 Å². The van der Waals surface area contributed by atoms with Crippen LogP contribution in [0, 0.1) is 0 Å². The zero-order chi connectivity index (χ0) is 26.8. The van der Waals surface area contributed by atoms with Gasteiger partial charge in [-0.05, 0) is 26.2 Å². The number of rotatable bonds is 2. The van der Waals surface area contributed by atoms with Gasteiger partial charge in [0.2, 0.25) is 0 Å². The second kappa shape index (κ2) is 15.3. The van der Waals surface area contributed by atoms with Gasteiger partial charge in [-0.1, -0.05) is 6.07 Å². The molecule has 2 rings (SSSR count). The molecule has 1 saturated heterocycles. The number of likely N-dealkylation sites (N-methyl/N-ethyl adjacent to an activating group) is 2. The van der Waals surface area contributed by atoms with Gasteiger partial charge in [0.05, 0.1) is 5.69 Å². The first-order chi connectivity index (χ1) is 15.2. The Morgan fingerprint density at radius 1 is 0.800 bits per heavy atom. The maximum Gasteiger partial charge on any atom is 2.00 e. The Kier molecular flexibility index (Phi) is 15.7. The number of hydrogen-bond donors (Lipinski definition) is 0. The normalized spacial score (nSPS) is 17.3. The molecule has 0 radical (unpaired) electrons. The van der Waals surface area contributed by atoms with Crippen molar-refractivity contribution in [1.82, 2.24) is 19.7 Å². The zero-order valence-corrected chi connectivity index (χ0v) is 21.2. The minimum absolute atomic E-state index is 0. The first kappa shape index (κ1) is 36.1. The molecule has 0 aromatic carbocycles. The van der Waals surface area contributed by atoms with E-state index >= 15 is 0 Å². The molecule has 0 bridgehead atoms. The van der Waals surface area contributed by atoms with Crippen LogP contribution in [0.3, 0.4) is 0 Å². The van der Waals surface area contributed by atoms with Crippen LogP contribution in [0.2, 0.25) is 0 Å². The van der Waals surface area contributed by atoms with Crippen LogP contribution in [0.5, 0.6) is 0 Å². The van der Waals surface area contributed by atoms with E-state index in [1.807, 2.05) is 12.3 Å². The van der Waals surface area contributed by atoms with Gasteiger partial charge in [0.25, 0.3) is 0 Å². The first-order valence-electron chi connectivity index (χ1n) is 9.27. The van der Waals surface area contributed by atoms with E-state index in [-0.39, 0.29) is 17.1 Å². The van der Waals surface area contributed by atoms with Gasteiger partial charge in [-0.2, -0.15) is 26.3 Å². The van der Waals surface area contributed by atoms with Crippen LogP contribution in [-0.2, 0) is 43.8 Å². The average Bonchev–Trinajstić information content (AvgIpc) is 2.73. The Bertz CT molecular complexity index is 880. The molecule has 0 aliphatic carbocycles. The molecule has 1 aliphatic heterocycles. The molecule has 10 nitrogen and oxygen atoms in total. The third-order valence-electron chi connectivity index (χ3n) is 4.14. The second-order valence-electron chi connectivity index (χ2n) is 7.00. The molecule has 0 N–H and O–H groups in total. The summed E-state index contributed by atoms with van der Waals surface area (Å²) < 4.78 is 118. The van der Waals surface area contributed by atoms with Crippen molar-refractivity contribution in [3.63, 3.8) is 0 Å². The molecule has 35 heavy (non-hydrogen) atoms. The van der Waals surface area contributed by atoms with Crippen molar-refractivity contribution < 1.29 is 69.4 Å². The van der Waals surface area contributed by atoms with Gasteiger partial charge in [-0.3, -0.25) is 9.88 Å². The summed E-state index contributed by atoms with van der Waals surface area (Å²) in [6.45, 7) is 7.81. The third kappa shape index (κ3) is 16.3. The molecule has 1 fully saturated rings. The van der Waals surface area contributed by atoms with E-state index < -0.39 is 31.3 Å². The van der Waals surface area contributed by atoms with Crippen molar-refractivity contribution in [2.45, 2.75) is 17.6 Å². The van der Waals surface area contributed by atoms with Crippen LogP contribution in [0.15, 0.2) is 24.4 Å². The molecule has 2 heterocycles. The van der Waals surface area contributed by atoms with Crippen molar-refractivity contribution in [3.05, 3.63) is 30.1 Å². The summed E-state index contributed by atoms with van der Waals surface area (Å²) in [6.07, 6.45) is 1.88. The molecule has 19 heteroatoms. The molecule has 1 aliphatic rings. The van der Waals surface area contributed by atoms with Crippen LogP contribution in [0.4, 0.5) is 26.3 Å². The van der Waals surface area contributed by atoms with E-state index in [0.29, 0.717) is 0 Å². The van der Waals surface area contributed by atoms with Crippen LogP contribution in [0.25, 0.3) is 0 Å².